The maximum atomic E-state index is 13.6. The van der Waals surface area contributed by atoms with Gasteiger partial charge in [-0.05, 0) is 117 Å². The number of aliphatic hydroxyl groups is 1. The lowest BCUT2D eigenvalue weighted by atomic mass is 9.53. The van der Waals surface area contributed by atoms with Gasteiger partial charge in [0.25, 0.3) is 5.91 Å². The lowest BCUT2D eigenvalue weighted by molar-refractivity contribution is -0.146. The van der Waals surface area contributed by atoms with E-state index >= 15 is 0 Å². The van der Waals surface area contributed by atoms with Gasteiger partial charge in [0.1, 0.15) is 17.9 Å². The summed E-state index contributed by atoms with van der Waals surface area (Å²) in [5, 5.41) is 15.3. The average molecular weight is 750 g/mol. The van der Waals surface area contributed by atoms with Crippen molar-refractivity contribution in [3.63, 3.8) is 0 Å². The molecule has 3 aromatic rings. The summed E-state index contributed by atoms with van der Waals surface area (Å²) in [7, 11) is -4.03. The van der Waals surface area contributed by atoms with Crippen LogP contribution in [-0.2, 0) is 26.7 Å². The lowest BCUT2D eigenvalue weighted by Gasteiger charge is -2.57. The summed E-state index contributed by atoms with van der Waals surface area (Å²) in [4.78, 5) is 37.5. The summed E-state index contributed by atoms with van der Waals surface area (Å²) < 4.78 is 36.0. The predicted octanol–water partition coefficient (Wildman–Crippen LogP) is 6.05. The number of hydrogen-bond donors (Lipinski definition) is 3. The molecular weight excluding hydrogens is 702 g/mol. The molecule has 1 saturated carbocycles. The minimum atomic E-state index is -4.03. The number of amides is 2. The number of nitrogens with zero attached hydrogens (tertiary/aromatic N) is 3. The molecule has 2 aliphatic heterocycles. The Kier molecular flexibility index (Phi) is 9.80. The molecule has 3 heterocycles. The summed E-state index contributed by atoms with van der Waals surface area (Å²) in [6, 6.07) is 12.8. The largest absolute Gasteiger partial charge is 0.490 e. The Balaban J connectivity index is 1.30. The van der Waals surface area contributed by atoms with Crippen molar-refractivity contribution in [2.45, 2.75) is 94.8 Å². The number of benzene rings is 2. The van der Waals surface area contributed by atoms with E-state index in [1.807, 2.05) is 19.1 Å². The Hall–Kier alpha value is -3.74. The van der Waals surface area contributed by atoms with Gasteiger partial charge in [-0.25, -0.2) is 23.1 Å². The van der Waals surface area contributed by atoms with Crippen LogP contribution in [0.25, 0.3) is 0 Å². The van der Waals surface area contributed by atoms with Gasteiger partial charge in [0, 0.05) is 35.3 Å². The topological polar surface area (TPSA) is 151 Å². The Bertz CT molecular complexity index is 1970. The van der Waals surface area contributed by atoms with Gasteiger partial charge in [-0.1, -0.05) is 37.9 Å². The number of halogens is 1. The first kappa shape index (κ1) is 36.6. The van der Waals surface area contributed by atoms with Gasteiger partial charge in [0.2, 0.25) is 15.9 Å². The monoisotopic (exact) mass is 749 g/mol. The number of ether oxygens (including phenoxy) is 1. The highest BCUT2D eigenvalue weighted by molar-refractivity contribution is 7.90. The Labute approximate surface area is 311 Å². The number of hydrogen-bond acceptors (Lipinski definition) is 9. The maximum absolute atomic E-state index is 13.6. The van der Waals surface area contributed by atoms with E-state index in [0.717, 1.165) is 32.1 Å². The number of nitrogens with one attached hydrogen (secondary N) is 2. The van der Waals surface area contributed by atoms with Crippen molar-refractivity contribution in [1.29, 1.82) is 0 Å². The van der Waals surface area contributed by atoms with E-state index in [0.29, 0.717) is 61.2 Å². The standard InChI is InChI=1S/C39H48ClN5O6S/c1-25-6-4-15-39(48,20-35(46)43-34-13-17-41-24-42-34)33-12-16-37(33,3)21-45-22-38(14-5-7-27-18-29(40)9-10-30(27)38)23-51-32-11-8-28(19-31(32)45)36(47)44-52(49,50)26(25)2/h8-11,13,17-19,24-26,33,48H,4-7,12,14-16,20-23H2,1-3H3,(H,44,47)(H,41,42,43,46)/t25-,26+,33+,37?,38-,39+/m0/s1. The minimum Gasteiger partial charge on any atom is -0.490 e. The molecular formula is C39H48ClN5O6S. The van der Waals surface area contributed by atoms with Crippen molar-refractivity contribution < 1.29 is 27.9 Å². The number of sulfonamides is 1. The number of aryl methyl sites for hydroxylation is 1. The van der Waals surface area contributed by atoms with Gasteiger partial charge in [-0.2, -0.15) is 0 Å². The molecule has 3 N–H and O–H groups in total. The van der Waals surface area contributed by atoms with Gasteiger partial charge in [-0.15, -0.1) is 0 Å². The molecule has 1 fully saturated rings. The van der Waals surface area contributed by atoms with Crippen LogP contribution in [0.1, 0.15) is 93.6 Å². The molecule has 7 rings (SSSR count). The third kappa shape index (κ3) is 7.01. The fraction of sp³-hybridized carbons (Fsp3) is 0.538. The number of carbonyl (C=O) groups is 2. The zero-order valence-corrected chi connectivity index (χ0v) is 31.6. The zero-order valence-electron chi connectivity index (χ0n) is 30.0. The highest BCUT2D eigenvalue weighted by Gasteiger charge is 2.55. The van der Waals surface area contributed by atoms with E-state index in [9.17, 15) is 23.1 Å². The molecule has 6 atom stereocenters. The fourth-order valence-corrected chi connectivity index (χ4v) is 10.8. The van der Waals surface area contributed by atoms with Crippen molar-refractivity contribution >= 4 is 44.9 Å². The molecule has 2 aromatic carbocycles. The van der Waals surface area contributed by atoms with Crippen molar-refractivity contribution in [1.82, 2.24) is 14.7 Å². The van der Waals surface area contributed by atoms with E-state index < -0.39 is 32.2 Å². The van der Waals surface area contributed by atoms with Crippen LogP contribution >= 0.6 is 11.6 Å². The number of rotatable bonds is 3. The van der Waals surface area contributed by atoms with Gasteiger partial charge in [0.05, 0.1) is 29.6 Å². The molecule has 2 aliphatic carbocycles. The maximum Gasteiger partial charge on any atom is 0.264 e. The molecule has 4 aliphatic rings. The third-order valence-electron chi connectivity index (χ3n) is 12.5. The average Bonchev–Trinajstić information content (AvgIpc) is 3.23. The first-order valence-electron chi connectivity index (χ1n) is 18.4. The summed E-state index contributed by atoms with van der Waals surface area (Å²) >= 11 is 6.46. The molecule has 52 heavy (non-hydrogen) atoms. The smallest absolute Gasteiger partial charge is 0.264 e. The van der Waals surface area contributed by atoms with Crippen LogP contribution in [-0.4, -0.2) is 65.9 Å². The number of aromatic nitrogens is 2. The summed E-state index contributed by atoms with van der Waals surface area (Å²) in [6.45, 7) is 7.18. The second-order valence-electron chi connectivity index (χ2n) is 16.0. The first-order chi connectivity index (χ1) is 24.7. The van der Waals surface area contributed by atoms with E-state index in [2.05, 4.69) is 37.9 Å². The number of fused-ring (bicyclic) bond motifs is 4. The first-order valence-corrected chi connectivity index (χ1v) is 20.3. The molecule has 0 radical (unpaired) electrons. The van der Waals surface area contributed by atoms with Crippen molar-refractivity contribution in [2.24, 2.45) is 17.3 Å². The van der Waals surface area contributed by atoms with Crippen molar-refractivity contribution in [3.05, 3.63) is 76.7 Å². The predicted molar refractivity (Wildman–Crippen MR) is 200 cm³/mol. The summed E-state index contributed by atoms with van der Waals surface area (Å²) in [6.07, 6.45) is 8.44. The summed E-state index contributed by atoms with van der Waals surface area (Å²) in [5.41, 5.74) is 1.18. The van der Waals surface area contributed by atoms with Crippen molar-refractivity contribution in [2.75, 3.05) is 29.9 Å². The van der Waals surface area contributed by atoms with Crippen LogP contribution in [0, 0.1) is 17.3 Å². The Morgan fingerprint density at radius 2 is 1.92 bits per heavy atom. The van der Waals surface area contributed by atoms with Crippen molar-refractivity contribution in [3.8, 4) is 5.75 Å². The molecule has 2 amide bonds. The lowest BCUT2D eigenvalue weighted by Crippen LogP contribution is -2.59. The van der Waals surface area contributed by atoms with Crippen LogP contribution in [0.2, 0.25) is 5.02 Å². The highest BCUT2D eigenvalue weighted by Crippen LogP contribution is 2.56. The SMILES string of the molecule is C[C@@H]1[C@@H](C)CCC[C@@](O)(CC(=O)Nc2ccncn2)[C@@H]2CCC2(C)CN2C[C@@]3(CCCc4cc(Cl)ccc43)COc3ccc(cc32)C(=O)NS1(=O)=O. The second-order valence-corrected chi connectivity index (χ2v) is 18.5. The van der Waals surface area contributed by atoms with Crippen LogP contribution in [0.15, 0.2) is 55.0 Å². The zero-order chi connectivity index (χ0) is 36.9. The molecule has 278 valence electrons. The van der Waals surface area contributed by atoms with Crippen LogP contribution < -0.4 is 19.7 Å². The normalized spacial score (nSPS) is 31.5. The van der Waals surface area contributed by atoms with E-state index in [-0.39, 0.29) is 35.1 Å². The van der Waals surface area contributed by atoms with Crippen LogP contribution in [0.5, 0.6) is 5.75 Å². The number of carbonyl (C=O) groups excluding carboxylic acids is 2. The molecule has 1 aromatic heterocycles. The van der Waals surface area contributed by atoms with E-state index in [1.165, 1.54) is 17.5 Å². The second kappa shape index (κ2) is 13.9. The van der Waals surface area contributed by atoms with Gasteiger partial charge < -0.3 is 20.1 Å². The molecule has 0 saturated heterocycles. The van der Waals surface area contributed by atoms with E-state index in [1.54, 1.807) is 37.4 Å². The van der Waals surface area contributed by atoms with E-state index in [4.69, 9.17) is 16.3 Å². The van der Waals surface area contributed by atoms with Gasteiger partial charge in [0.15, 0.2) is 0 Å². The molecule has 2 bridgehead atoms. The third-order valence-corrected chi connectivity index (χ3v) is 14.6. The Morgan fingerprint density at radius 1 is 1.10 bits per heavy atom. The number of anilines is 2. The minimum absolute atomic E-state index is 0.128. The summed E-state index contributed by atoms with van der Waals surface area (Å²) in [5.74, 6) is -0.592. The molecule has 13 heteroatoms. The van der Waals surface area contributed by atoms with Gasteiger partial charge >= 0.3 is 0 Å². The Morgan fingerprint density at radius 3 is 2.67 bits per heavy atom. The molecule has 1 unspecified atom stereocenters. The van der Waals surface area contributed by atoms with Crippen LogP contribution in [0.4, 0.5) is 11.5 Å². The van der Waals surface area contributed by atoms with Crippen LogP contribution in [0.3, 0.4) is 0 Å². The molecule has 1 spiro atoms. The molecule has 11 nitrogen and oxygen atoms in total. The fourth-order valence-electron chi connectivity index (χ4n) is 9.32. The van der Waals surface area contributed by atoms with Gasteiger partial charge in [-0.3, -0.25) is 9.59 Å². The quantitative estimate of drug-likeness (QED) is 0.291. The highest BCUT2D eigenvalue weighted by atomic mass is 35.5.